The zero-order chi connectivity index (χ0) is 12.4. The third-order valence-corrected chi connectivity index (χ3v) is 4.14. The summed E-state index contributed by atoms with van der Waals surface area (Å²) in [6.07, 6.45) is 0. The Morgan fingerprint density at radius 2 is 2.18 bits per heavy atom. The standard InChI is InChI=1S/C11H12FN3S2/c1-6(13)10-8(12)4-3-5-9(10)17-11-15-14-7(2)16-11/h3-6H,13H2,1-2H3. The third-order valence-electron chi connectivity index (χ3n) is 2.17. The monoisotopic (exact) mass is 269 g/mol. The van der Waals surface area contributed by atoms with Gasteiger partial charge in [-0.3, -0.25) is 0 Å². The van der Waals surface area contributed by atoms with Crippen LogP contribution in [0, 0.1) is 12.7 Å². The lowest BCUT2D eigenvalue weighted by atomic mass is 10.1. The Hall–Kier alpha value is -0.980. The van der Waals surface area contributed by atoms with Crippen LogP contribution in [0.25, 0.3) is 0 Å². The minimum Gasteiger partial charge on any atom is -0.324 e. The lowest BCUT2D eigenvalue weighted by molar-refractivity contribution is 0.585. The second-order valence-corrected chi connectivity index (χ2v) is 6.10. The van der Waals surface area contributed by atoms with Crippen molar-refractivity contribution in [1.29, 1.82) is 0 Å². The Morgan fingerprint density at radius 1 is 1.41 bits per heavy atom. The van der Waals surface area contributed by atoms with Crippen molar-refractivity contribution < 1.29 is 4.39 Å². The van der Waals surface area contributed by atoms with Gasteiger partial charge in [-0.2, -0.15) is 0 Å². The quantitative estimate of drug-likeness (QED) is 0.930. The van der Waals surface area contributed by atoms with Crippen molar-refractivity contribution in [2.45, 2.75) is 29.1 Å². The van der Waals surface area contributed by atoms with Crippen LogP contribution in [0.4, 0.5) is 4.39 Å². The van der Waals surface area contributed by atoms with Gasteiger partial charge < -0.3 is 5.73 Å². The number of nitrogens with two attached hydrogens (primary N) is 1. The fraction of sp³-hybridized carbons (Fsp3) is 0.273. The molecule has 17 heavy (non-hydrogen) atoms. The predicted octanol–water partition coefficient (Wildman–Crippen LogP) is 3.16. The number of aromatic nitrogens is 2. The number of aryl methyl sites for hydroxylation is 1. The fourth-order valence-corrected chi connectivity index (χ4v) is 3.49. The molecule has 2 aromatic rings. The van der Waals surface area contributed by atoms with E-state index in [1.165, 1.54) is 29.2 Å². The average molecular weight is 269 g/mol. The smallest absolute Gasteiger partial charge is 0.179 e. The summed E-state index contributed by atoms with van der Waals surface area (Å²) in [6, 6.07) is 4.61. The van der Waals surface area contributed by atoms with E-state index in [0.717, 1.165) is 14.2 Å². The van der Waals surface area contributed by atoms with E-state index >= 15 is 0 Å². The highest BCUT2D eigenvalue weighted by atomic mass is 32.2. The molecule has 0 aliphatic rings. The maximum absolute atomic E-state index is 13.7. The van der Waals surface area contributed by atoms with Gasteiger partial charge in [-0.1, -0.05) is 29.2 Å². The first kappa shape index (κ1) is 12.5. The van der Waals surface area contributed by atoms with Gasteiger partial charge in [0, 0.05) is 16.5 Å². The van der Waals surface area contributed by atoms with Crippen molar-refractivity contribution >= 4 is 23.1 Å². The molecule has 1 unspecified atom stereocenters. The number of hydrogen-bond donors (Lipinski definition) is 1. The Bertz CT molecular complexity index is 525. The first-order valence-electron chi connectivity index (χ1n) is 5.10. The van der Waals surface area contributed by atoms with E-state index in [9.17, 15) is 4.39 Å². The van der Waals surface area contributed by atoms with Crippen molar-refractivity contribution in [1.82, 2.24) is 10.2 Å². The van der Waals surface area contributed by atoms with E-state index in [0.29, 0.717) is 5.56 Å². The SMILES string of the molecule is Cc1nnc(Sc2cccc(F)c2C(C)N)s1. The van der Waals surface area contributed by atoms with E-state index in [-0.39, 0.29) is 11.9 Å². The largest absolute Gasteiger partial charge is 0.324 e. The molecule has 1 heterocycles. The van der Waals surface area contributed by atoms with E-state index in [2.05, 4.69) is 10.2 Å². The summed E-state index contributed by atoms with van der Waals surface area (Å²) in [5, 5.41) is 8.84. The minimum atomic E-state index is -0.340. The lowest BCUT2D eigenvalue weighted by Gasteiger charge is -2.11. The molecule has 90 valence electrons. The van der Waals surface area contributed by atoms with Gasteiger partial charge in [0.1, 0.15) is 10.8 Å². The number of hydrogen-bond acceptors (Lipinski definition) is 5. The topological polar surface area (TPSA) is 51.8 Å². The van der Waals surface area contributed by atoms with Gasteiger partial charge in [-0.25, -0.2) is 4.39 Å². The molecule has 0 spiro atoms. The molecule has 2 N–H and O–H groups in total. The zero-order valence-electron chi connectivity index (χ0n) is 9.48. The molecule has 2 rings (SSSR count). The van der Waals surface area contributed by atoms with Gasteiger partial charge in [0.05, 0.1) is 0 Å². The Morgan fingerprint density at radius 3 is 2.76 bits per heavy atom. The minimum absolute atomic E-state index is 0.272. The van der Waals surface area contributed by atoms with Crippen LogP contribution in [-0.4, -0.2) is 10.2 Å². The summed E-state index contributed by atoms with van der Waals surface area (Å²) in [5.41, 5.74) is 6.32. The molecule has 1 aromatic heterocycles. The van der Waals surface area contributed by atoms with Crippen LogP contribution < -0.4 is 5.73 Å². The van der Waals surface area contributed by atoms with Crippen LogP contribution in [0.15, 0.2) is 27.4 Å². The fourth-order valence-electron chi connectivity index (χ4n) is 1.46. The number of rotatable bonds is 3. The predicted molar refractivity (Wildman–Crippen MR) is 67.8 cm³/mol. The van der Waals surface area contributed by atoms with Crippen molar-refractivity contribution in [3.63, 3.8) is 0 Å². The van der Waals surface area contributed by atoms with E-state index < -0.39 is 0 Å². The maximum atomic E-state index is 13.7. The summed E-state index contributed by atoms with van der Waals surface area (Å²) >= 11 is 2.89. The van der Waals surface area contributed by atoms with Gasteiger partial charge in [-0.05, 0) is 26.0 Å². The molecular weight excluding hydrogens is 257 g/mol. The van der Waals surface area contributed by atoms with Crippen LogP contribution >= 0.6 is 23.1 Å². The van der Waals surface area contributed by atoms with Crippen LogP contribution in [0.1, 0.15) is 23.5 Å². The molecule has 0 fully saturated rings. The van der Waals surface area contributed by atoms with Crippen molar-refractivity contribution in [3.05, 3.63) is 34.6 Å². The second kappa shape index (κ2) is 5.12. The summed E-state index contributed by atoms with van der Waals surface area (Å²) in [7, 11) is 0. The van der Waals surface area contributed by atoms with E-state index in [4.69, 9.17) is 5.73 Å². The van der Waals surface area contributed by atoms with Crippen LogP contribution in [0.5, 0.6) is 0 Å². The highest BCUT2D eigenvalue weighted by Gasteiger charge is 2.14. The first-order valence-corrected chi connectivity index (χ1v) is 6.73. The average Bonchev–Trinajstić information content (AvgIpc) is 2.63. The molecule has 0 aliphatic heterocycles. The zero-order valence-corrected chi connectivity index (χ0v) is 11.1. The summed E-state index contributed by atoms with van der Waals surface area (Å²) in [4.78, 5) is 0.802. The Labute approximate surface area is 107 Å². The van der Waals surface area contributed by atoms with Crippen LogP contribution in [0.2, 0.25) is 0 Å². The van der Waals surface area contributed by atoms with Gasteiger partial charge in [0.25, 0.3) is 0 Å². The highest BCUT2D eigenvalue weighted by molar-refractivity contribution is 8.01. The van der Waals surface area contributed by atoms with Crippen LogP contribution in [0.3, 0.4) is 0 Å². The molecule has 0 saturated heterocycles. The Balaban J connectivity index is 2.35. The van der Waals surface area contributed by atoms with Gasteiger partial charge in [0.2, 0.25) is 0 Å². The van der Waals surface area contributed by atoms with Crippen molar-refractivity contribution in [3.8, 4) is 0 Å². The first-order chi connectivity index (χ1) is 8.08. The molecular formula is C11H12FN3S2. The summed E-state index contributed by atoms with van der Waals surface area (Å²) < 4.78 is 14.5. The highest BCUT2D eigenvalue weighted by Crippen LogP contribution is 2.35. The maximum Gasteiger partial charge on any atom is 0.179 e. The summed E-state index contributed by atoms with van der Waals surface area (Å²) in [5.74, 6) is -0.272. The number of benzene rings is 1. The molecule has 1 aromatic carbocycles. The van der Waals surface area contributed by atoms with Crippen LogP contribution in [-0.2, 0) is 0 Å². The van der Waals surface area contributed by atoms with Gasteiger partial charge in [-0.15, -0.1) is 10.2 Å². The Kier molecular flexibility index (Phi) is 3.76. The van der Waals surface area contributed by atoms with Gasteiger partial charge in [0.15, 0.2) is 4.34 Å². The molecule has 1 atom stereocenters. The normalized spacial score (nSPS) is 12.7. The molecule has 3 nitrogen and oxygen atoms in total. The molecule has 6 heteroatoms. The molecule has 0 aliphatic carbocycles. The number of halogens is 1. The second-order valence-electron chi connectivity index (χ2n) is 3.63. The summed E-state index contributed by atoms with van der Waals surface area (Å²) in [6.45, 7) is 3.66. The van der Waals surface area contributed by atoms with E-state index in [1.54, 1.807) is 13.0 Å². The molecule has 0 amide bonds. The van der Waals surface area contributed by atoms with Gasteiger partial charge >= 0.3 is 0 Å². The van der Waals surface area contributed by atoms with Crippen molar-refractivity contribution in [2.75, 3.05) is 0 Å². The lowest BCUT2D eigenvalue weighted by Crippen LogP contribution is -2.08. The third kappa shape index (κ3) is 2.83. The number of nitrogens with zero attached hydrogens (tertiary/aromatic N) is 2. The van der Waals surface area contributed by atoms with Crippen molar-refractivity contribution in [2.24, 2.45) is 5.73 Å². The molecule has 0 bridgehead atoms. The molecule has 0 saturated carbocycles. The van der Waals surface area contributed by atoms with E-state index in [1.807, 2.05) is 13.0 Å². The molecule has 0 radical (unpaired) electrons.